The SMILES string of the molecule is CCN(CC(=O)O)C(=O)c1cc(Cl)c(OC)c(Cl)c1. The van der Waals surface area contributed by atoms with E-state index in [1.54, 1.807) is 6.92 Å². The molecule has 0 saturated carbocycles. The highest BCUT2D eigenvalue weighted by atomic mass is 35.5. The lowest BCUT2D eigenvalue weighted by Crippen LogP contribution is -2.35. The van der Waals surface area contributed by atoms with E-state index in [2.05, 4.69) is 0 Å². The van der Waals surface area contributed by atoms with Gasteiger partial charge in [0.1, 0.15) is 6.54 Å². The Hall–Kier alpha value is -1.46. The van der Waals surface area contributed by atoms with E-state index in [0.717, 1.165) is 0 Å². The van der Waals surface area contributed by atoms with E-state index in [9.17, 15) is 9.59 Å². The Balaban J connectivity index is 3.08. The summed E-state index contributed by atoms with van der Waals surface area (Å²) in [7, 11) is 1.41. The van der Waals surface area contributed by atoms with Gasteiger partial charge >= 0.3 is 5.97 Å². The van der Waals surface area contributed by atoms with Crippen molar-refractivity contribution < 1.29 is 19.4 Å². The fraction of sp³-hybridized carbons (Fsp3) is 0.333. The lowest BCUT2D eigenvalue weighted by molar-refractivity contribution is -0.137. The van der Waals surface area contributed by atoms with E-state index >= 15 is 0 Å². The molecule has 1 aromatic rings. The monoisotopic (exact) mass is 305 g/mol. The molecular formula is C12H13Cl2NO4. The van der Waals surface area contributed by atoms with Crippen molar-refractivity contribution in [3.63, 3.8) is 0 Å². The second kappa shape index (κ2) is 6.63. The van der Waals surface area contributed by atoms with Crippen molar-refractivity contribution in [2.45, 2.75) is 6.92 Å². The molecule has 0 aromatic heterocycles. The highest BCUT2D eigenvalue weighted by Gasteiger charge is 2.19. The molecule has 0 radical (unpaired) electrons. The molecule has 0 aliphatic heterocycles. The average molecular weight is 306 g/mol. The Morgan fingerprint density at radius 2 is 1.84 bits per heavy atom. The van der Waals surface area contributed by atoms with Crippen LogP contribution in [-0.2, 0) is 4.79 Å². The standard InChI is InChI=1S/C12H13Cl2NO4/c1-3-15(6-10(16)17)12(18)7-4-8(13)11(19-2)9(14)5-7/h4-5H,3,6H2,1-2H3,(H,16,17). The zero-order valence-corrected chi connectivity index (χ0v) is 12.0. The third kappa shape index (κ3) is 3.75. The number of methoxy groups -OCH3 is 1. The molecule has 1 rings (SSSR count). The van der Waals surface area contributed by atoms with Gasteiger partial charge in [-0.1, -0.05) is 23.2 Å². The maximum Gasteiger partial charge on any atom is 0.323 e. The van der Waals surface area contributed by atoms with Crippen molar-refractivity contribution in [3.8, 4) is 5.75 Å². The highest BCUT2D eigenvalue weighted by Crippen LogP contribution is 2.34. The number of likely N-dealkylation sites (N-methyl/N-ethyl adjacent to an activating group) is 1. The number of carboxylic acid groups (broad SMARTS) is 1. The number of carbonyl (C=O) groups is 2. The number of nitrogens with zero attached hydrogens (tertiary/aromatic N) is 1. The lowest BCUT2D eigenvalue weighted by Gasteiger charge is -2.19. The van der Waals surface area contributed by atoms with Crippen LogP contribution in [0.15, 0.2) is 12.1 Å². The van der Waals surface area contributed by atoms with E-state index in [0.29, 0.717) is 0 Å². The summed E-state index contributed by atoms with van der Waals surface area (Å²) in [6.07, 6.45) is 0. The number of hydrogen-bond acceptors (Lipinski definition) is 3. The summed E-state index contributed by atoms with van der Waals surface area (Å²) in [6.45, 7) is 1.58. The minimum Gasteiger partial charge on any atom is -0.494 e. The van der Waals surface area contributed by atoms with Crippen LogP contribution >= 0.6 is 23.2 Å². The molecular weight excluding hydrogens is 293 g/mol. The van der Waals surface area contributed by atoms with Gasteiger partial charge in [-0.3, -0.25) is 9.59 Å². The van der Waals surface area contributed by atoms with E-state index in [1.165, 1.54) is 24.1 Å². The first-order valence-electron chi connectivity index (χ1n) is 5.44. The normalized spacial score (nSPS) is 10.1. The predicted octanol–water partition coefficient (Wildman–Crippen LogP) is 2.55. The van der Waals surface area contributed by atoms with Crippen LogP contribution in [0.5, 0.6) is 5.75 Å². The van der Waals surface area contributed by atoms with Crippen LogP contribution in [0, 0.1) is 0 Å². The highest BCUT2D eigenvalue weighted by molar-refractivity contribution is 6.37. The van der Waals surface area contributed by atoms with Gasteiger partial charge in [0, 0.05) is 12.1 Å². The van der Waals surface area contributed by atoms with Crippen molar-refractivity contribution in [3.05, 3.63) is 27.7 Å². The van der Waals surface area contributed by atoms with Gasteiger partial charge in [0.25, 0.3) is 5.91 Å². The molecule has 1 amide bonds. The number of benzene rings is 1. The van der Waals surface area contributed by atoms with Crippen molar-refractivity contribution in [1.29, 1.82) is 0 Å². The molecule has 0 fully saturated rings. The number of ether oxygens (including phenoxy) is 1. The predicted molar refractivity (Wildman–Crippen MR) is 72.2 cm³/mol. The number of amides is 1. The van der Waals surface area contributed by atoms with Gasteiger partial charge in [0.2, 0.25) is 0 Å². The van der Waals surface area contributed by atoms with E-state index < -0.39 is 11.9 Å². The van der Waals surface area contributed by atoms with Gasteiger partial charge in [-0.25, -0.2) is 0 Å². The Kier molecular flexibility index (Phi) is 5.44. The number of carbonyl (C=O) groups excluding carboxylic acids is 1. The van der Waals surface area contributed by atoms with Gasteiger partial charge in [-0.05, 0) is 19.1 Å². The van der Waals surface area contributed by atoms with Crippen LogP contribution in [0.25, 0.3) is 0 Å². The number of aliphatic carboxylic acids is 1. The Morgan fingerprint density at radius 3 is 2.21 bits per heavy atom. The topological polar surface area (TPSA) is 66.8 Å². The third-order valence-corrected chi connectivity index (χ3v) is 3.01. The van der Waals surface area contributed by atoms with E-state index in [-0.39, 0.29) is 34.4 Å². The van der Waals surface area contributed by atoms with Gasteiger partial charge in [0.15, 0.2) is 5.75 Å². The molecule has 0 bridgehead atoms. The summed E-state index contributed by atoms with van der Waals surface area (Å²) in [6, 6.07) is 2.80. The van der Waals surface area contributed by atoms with E-state index in [4.69, 9.17) is 33.0 Å². The lowest BCUT2D eigenvalue weighted by atomic mass is 10.2. The summed E-state index contributed by atoms with van der Waals surface area (Å²) in [5.74, 6) is -1.25. The number of halogens is 2. The molecule has 0 atom stereocenters. The van der Waals surface area contributed by atoms with Crippen LogP contribution < -0.4 is 4.74 Å². The first kappa shape index (κ1) is 15.6. The molecule has 1 N–H and O–H groups in total. The van der Waals surface area contributed by atoms with Crippen molar-refractivity contribution in [1.82, 2.24) is 4.90 Å². The van der Waals surface area contributed by atoms with Crippen molar-refractivity contribution in [2.75, 3.05) is 20.2 Å². The van der Waals surface area contributed by atoms with E-state index in [1.807, 2.05) is 0 Å². The molecule has 5 nitrogen and oxygen atoms in total. The summed E-state index contributed by atoms with van der Waals surface area (Å²) >= 11 is 11.9. The molecule has 0 heterocycles. The van der Waals surface area contributed by atoms with Crippen molar-refractivity contribution in [2.24, 2.45) is 0 Å². The van der Waals surface area contributed by atoms with Crippen molar-refractivity contribution >= 4 is 35.1 Å². The van der Waals surface area contributed by atoms with Crippen LogP contribution in [0.1, 0.15) is 17.3 Å². The maximum absolute atomic E-state index is 12.1. The summed E-state index contributed by atoms with van der Waals surface area (Å²) in [5.41, 5.74) is 0.221. The fourth-order valence-corrected chi connectivity index (χ4v) is 2.19. The largest absolute Gasteiger partial charge is 0.494 e. The number of carboxylic acids is 1. The average Bonchev–Trinajstić information content (AvgIpc) is 2.34. The Bertz CT molecular complexity index is 481. The minimum atomic E-state index is -1.08. The molecule has 19 heavy (non-hydrogen) atoms. The first-order chi connectivity index (χ1) is 8.90. The first-order valence-corrected chi connectivity index (χ1v) is 6.20. The van der Waals surface area contributed by atoms with Crippen LogP contribution in [-0.4, -0.2) is 42.1 Å². The van der Waals surface area contributed by atoms with Gasteiger partial charge in [0.05, 0.1) is 17.2 Å². The maximum atomic E-state index is 12.1. The van der Waals surface area contributed by atoms with Crippen LogP contribution in [0.3, 0.4) is 0 Å². The molecule has 0 unspecified atom stereocenters. The minimum absolute atomic E-state index is 0.199. The molecule has 0 saturated heterocycles. The smallest absolute Gasteiger partial charge is 0.323 e. The van der Waals surface area contributed by atoms with Crippen LogP contribution in [0.2, 0.25) is 10.0 Å². The summed E-state index contributed by atoms with van der Waals surface area (Å²) in [4.78, 5) is 24.0. The molecule has 0 aliphatic carbocycles. The zero-order chi connectivity index (χ0) is 14.6. The molecule has 7 heteroatoms. The second-order valence-corrected chi connectivity index (χ2v) is 4.50. The molecule has 1 aromatic carbocycles. The quantitative estimate of drug-likeness (QED) is 0.908. The van der Waals surface area contributed by atoms with Gasteiger partial charge in [-0.15, -0.1) is 0 Å². The summed E-state index contributed by atoms with van der Waals surface area (Å²) in [5, 5.41) is 9.13. The third-order valence-electron chi connectivity index (χ3n) is 2.44. The second-order valence-electron chi connectivity index (χ2n) is 3.69. The van der Waals surface area contributed by atoms with Gasteiger partial charge in [-0.2, -0.15) is 0 Å². The molecule has 0 spiro atoms. The summed E-state index contributed by atoms with van der Waals surface area (Å²) < 4.78 is 4.98. The number of rotatable bonds is 5. The Labute approximate surface area is 120 Å². The van der Waals surface area contributed by atoms with Gasteiger partial charge < -0.3 is 14.7 Å². The zero-order valence-electron chi connectivity index (χ0n) is 10.4. The van der Waals surface area contributed by atoms with Crippen LogP contribution in [0.4, 0.5) is 0 Å². The molecule has 0 aliphatic rings. The Morgan fingerprint density at radius 1 is 1.32 bits per heavy atom. The molecule has 104 valence electrons. The fourth-order valence-electron chi connectivity index (χ4n) is 1.55. The number of hydrogen-bond donors (Lipinski definition) is 1.